The highest BCUT2D eigenvalue weighted by Crippen LogP contribution is 2.03. The first-order chi connectivity index (χ1) is 8.54. The van der Waals surface area contributed by atoms with Gasteiger partial charge in [-0.1, -0.05) is 30.3 Å². The van der Waals surface area contributed by atoms with Crippen LogP contribution in [0.4, 0.5) is 0 Å². The number of quaternary nitrogens is 1. The van der Waals surface area contributed by atoms with Crippen molar-refractivity contribution in [2.75, 3.05) is 6.61 Å². The van der Waals surface area contributed by atoms with Crippen LogP contribution in [0.5, 0.6) is 0 Å². The summed E-state index contributed by atoms with van der Waals surface area (Å²) in [5.74, 6) is -1.10. The lowest BCUT2D eigenvalue weighted by atomic mass is 10.1. The van der Waals surface area contributed by atoms with Crippen LogP contribution < -0.4 is 16.8 Å². The van der Waals surface area contributed by atoms with Crippen molar-refractivity contribution in [3.05, 3.63) is 35.9 Å². The van der Waals surface area contributed by atoms with Crippen LogP contribution in [0.25, 0.3) is 0 Å². The molecule has 0 aliphatic heterocycles. The Morgan fingerprint density at radius 1 is 1.33 bits per heavy atom. The zero-order valence-electron chi connectivity index (χ0n) is 10.0. The summed E-state index contributed by atoms with van der Waals surface area (Å²) in [7, 11) is 0. The Balaban J connectivity index is 2.67. The van der Waals surface area contributed by atoms with E-state index in [-0.39, 0.29) is 6.61 Å². The number of hydrogen-bond donors (Lipinski definition) is 4. The van der Waals surface area contributed by atoms with E-state index in [9.17, 15) is 9.59 Å². The molecule has 98 valence electrons. The van der Waals surface area contributed by atoms with Gasteiger partial charge in [0.2, 0.25) is 5.91 Å². The number of nitrogens with one attached hydrogen (secondary N) is 1. The molecule has 1 aromatic rings. The monoisotopic (exact) mass is 252 g/mol. The first-order valence-corrected chi connectivity index (χ1v) is 5.62. The Bertz CT molecular complexity index is 408. The minimum Gasteiger partial charge on any atom is -0.390 e. The van der Waals surface area contributed by atoms with Crippen molar-refractivity contribution < 1.29 is 20.4 Å². The average Bonchev–Trinajstić information content (AvgIpc) is 2.37. The van der Waals surface area contributed by atoms with Crippen molar-refractivity contribution in [1.82, 2.24) is 5.32 Å². The van der Waals surface area contributed by atoms with Crippen LogP contribution >= 0.6 is 0 Å². The van der Waals surface area contributed by atoms with Crippen molar-refractivity contribution in [2.45, 2.75) is 18.5 Å². The van der Waals surface area contributed by atoms with Gasteiger partial charge in [0.25, 0.3) is 5.91 Å². The molecule has 0 aliphatic rings. The van der Waals surface area contributed by atoms with E-state index in [4.69, 9.17) is 10.8 Å². The molecular formula is C12H18N3O3+. The minimum atomic E-state index is -0.803. The Labute approximate surface area is 105 Å². The number of aliphatic hydroxyl groups excluding tert-OH is 1. The molecule has 0 saturated heterocycles. The maximum absolute atomic E-state index is 11.5. The van der Waals surface area contributed by atoms with E-state index in [1.807, 2.05) is 30.3 Å². The van der Waals surface area contributed by atoms with E-state index in [0.29, 0.717) is 6.42 Å². The van der Waals surface area contributed by atoms with Crippen molar-refractivity contribution in [2.24, 2.45) is 5.73 Å². The fourth-order valence-electron chi connectivity index (χ4n) is 1.45. The highest BCUT2D eigenvalue weighted by Gasteiger charge is 2.23. The quantitative estimate of drug-likeness (QED) is 0.460. The number of rotatable bonds is 6. The van der Waals surface area contributed by atoms with Gasteiger partial charge in [0.15, 0.2) is 6.04 Å². The maximum atomic E-state index is 11.5. The molecule has 7 N–H and O–H groups in total. The lowest BCUT2D eigenvalue weighted by molar-refractivity contribution is -0.409. The standard InChI is InChI=1S/C12H17N3O3/c13-9(7-16)12(18)15-10(11(14)17)6-8-4-2-1-3-5-8/h1-5,9-10,16H,6-7,13H2,(H2,14,17)(H,15,18)/p+1/t9-,10-/m0/s1. The molecule has 1 aromatic carbocycles. The lowest BCUT2D eigenvalue weighted by Gasteiger charge is -2.16. The van der Waals surface area contributed by atoms with Gasteiger partial charge in [-0.05, 0) is 5.56 Å². The van der Waals surface area contributed by atoms with Gasteiger partial charge in [-0.25, -0.2) is 0 Å². The molecule has 0 heterocycles. The van der Waals surface area contributed by atoms with Crippen molar-refractivity contribution >= 4 is 11.8 Å². The molecule has 18 heavy (non-hydrogen) atoms. The Morgan fingerprint density at radius 2 is 1.94 bits per heavy atom. The van der Waals surface area contributed by atoms with Crippen LogP contribution in [0.3, 0.4) is 0 Å². The zero-order chi connectivity index (χ0) is 13.5. The summed E-state index contributed by atoms with van der Waals surface area (Å²) in [6.07, 6.45) is 0.320. The average molecular weight is 252 g/mol. The molecule has 2 atom stereocenters. The number of primary amides is 1. The van der Waals surface area contributed by atoms with Crippen LogP contribution in [0.2, 0.25) is 0 Å². The molecule has 0 radical (unpaired) electrons. The fraction of sp³-hybridized carbons (Fsp3) is 0.333. The summed E-state index contributed by atoms with van der Waals surface area (Å²) >= 11 is 0. The van der Waals surface area contributed by atoms with Gasteiger partial charge < -0.3 is 21.9 Å². The lowest BCUT2D eigenvalue weighted by Crippen LogP contribution is -2.70. The van der Waals surface area contributed by atoms with E-state index >= 15 is 0 Å². The molecule has 2 amide bonds. The minimum absolute atomic E-state index is 0.320. The van der Waals surface area contributed by atoms with E-state index < -0.39 is 23.9 Å². The van der Waals surface area contributed by atoms with Gasteiger partial charge in [-0.2, -0.15) is 0 Å². The predicted octanol–water partition coefficient (Wildman–Crippen LogP) is -2.20. The Kier molecular flexibility index (Phi) is 5.29. The van der Waals surface area contributed by atoms with Crippen LogP contribution in [0, 0.1) is 0 Å². The molecule has 0 spiro atoms. The topological polar surface area (TPSA) is 120 Å². The largest absolute Gasteiger partial charge is 0.390 e. The summed E-state index contributed by atoms with van der Waals surface area (Å²) < 4.78 is 0. The van der Waals surface area contributed by atoms with Gasteiger partial charge in [-0.3, -0.25) is 9.59 Å². The summed E-state index contributed by atoms with van der Waals surface area (Å²) in [6.45, 7) is -0.372. The summed E-state index contributed by atoms with van der Waals surface area (Å²) in [5.41, 5.74) is 9.59. The second kappa shape index (κ2) is 6.73. The van der Waals surface area contributed by atoms with Gasteiger partial charge in [0.1, 0.15) is 12.6 Å². The van der Waals surface area contributed by atoms with Crippen LogP contribution in [0.15, 0.2) is 30.3 Å². The summed E-state index contributed by atoms with van der Waals surface area (Å²) in [5, 5.41) is 11.3. The Hall–Kier alpha value is -1.92. The van der Waals surface area contributed by atoms with Crippen molar-refractivity contribution in [3.63, 3.8) is 0 Å². The molecular weight excluding hydrogens is 234 g/mol. The molecule has 6 heteroatoms. The van der Waals surface area contributed by atoms with E-state index in [1.54, 1.807) is 0 Å². The zero-order valence-corrected chi connectivity index (χ0v) is 10.0. The van der Waals surface area contributed by atoms with Crippen LogP contribution in [-0.4, -0.2) is 35.6 Å². The smallest absolute Gasteiger partial charge is 0.281 e. The van der Waals surface area contributed by atoms with E-state index in [1.165, 1.54) is 0 Å². The van der Waals surface area contributed by atoms with Gasteiger partial charge >= 0.3 is 0 Å². The summed E-state index contributed by atoms with van der Waals surface area (Å²) in [6, 6.07) is 7.63. The second-order valence-corrected chi connectivity index (χ2v) is 4.03. The SMILES string of the molecule is NC(=O)[C@H](Cc1ccccc1)NC(=O)[C@@H]([NH3+])CO. The first kappa shape index (κ1) is 14.1. The van der Waals surface area contributed by atoms with Gasteiger partial charge in [-0.15, -0.1) is 0 Å². The molecule has 1 rings (SSSR count). The number of benzene rings is 1. The highest BCUT2D eigenvalue weighted by atomic mass is 16.3. The first-order valence-electron chi connectivity index (χ1n) is 5.62. The molecule has 6 nitrogen and oxygen atoms in total. The fourth-order valence-corrected chi connectivity index (χ4v) is 1.45. The van der Waals surface area contributed by atoms with Crippen molar-refractivity contribution in [1.29, 1.82) is 0 Å². The number of nitrogens with two attached hydrogens (primary N) is 1. The predicted molar refractivity (Wildman–Crippen MR) is 65.0 cm³/mol. The third kappa shape index (κ3) is 4.15. The highest BCUT2D eigenvalue weighted by molar-refractivity contribution is 5.88. The van der Waals surface area contributed by atoms with Gasteiger partial charge in [0, 0.05) is 6.42 Å². The van der Waals surface area contributed by atoms with Gasteiger partial charge in [0.05, 0.1) is 0 Å². The Morgan fingerprint density at radius 3 is 2.44 bits per heavy atom. The molecule has 0 bridgehead atoms. The number of hydrogen-bond acceptors (Lipinski definition) is 3. The molecule has 0 saturated carbocycles. The second-order valence-electron chi connectivity index (χ2n) is 4.03. The third-order valence-corrected chi connectivity index (χ3v) is 2.53. The van der Waals surface area contributed by atoms with E-state index in [0.717, 1.165) is 5.56 Å². The van der Waals surface area contributed by atoms with E-state index in [2.05, 4.69) is 11.1 Å². The molecule has 0 aromatic heterocycles. The van der Waals surface area contributed by atoms with Crippen molar-refractivity contribution in [3.8, 4) is 0 Å². The number of amides is 2. The molecule has 0 aliphatic carbocycles. The number of carbonyl (C=O) groups excluding carboxylic acids is 2. The molecule has 0 fully saturated rings. The summed E-state index contributed by atoms with van der Waals surface area (Å²) in [4.78, 5) is 22.8. The van der Waals surface area contributed by atoms with Crippen LogP contribution in [0.1, 0.15) is 5.56 Å². The van der Waals surface area contributed by atoms with Crippen LogP contribution in [-0.2, 0) is 16.0 Å². The number of aliphatic hydroxyl groups is 1. The normalized spacial score (nSPS) is 13.7. The third-order valence-electron chi connectivity index (χ3n) is 2.53. The molecule has 0 unspecified atom stereocenters. The maximum Gasteiger partial charge on any atom is 0.281 e. The number of carbonyl (C=O) groups is 2.